The fourth-order valence-electron chi connectivity index (χ4n) is 4.04. The maximum absolute atomic E-state index is 5.37. The van der Waals surface area contributed by atoms with Crippen molar-refractivity contribution < 1.29 is 4.74 Å². The molecule has 1 N–H and O–H groups in total. The monoisotopic (exact) mass is 302 g/mol. The van der Waals surface area contributed by atoms with Crippen molar-refractivity contribution in [2.24, 2.45) is 0 Å². The number of hydrogen-bond donors (Lipinski definition) is 1. The fourth-order valence-corrected chi connectivity index (χ4v) is 4.04. The van der Waals surface area contributed by atoms with Crippen LogP contribution < -0.4 is 4.74 Å². The molecule has 1 unspecified atom stereocenters. The van der Waals surface area contributed by atoms with Gasteiger partial charge in [0.15, 0.2) is 0 Å². The highest BCUT2D eigenvalue weighted by atomic mass is 16.5. The van der Waals surface area contributed by atoms with Gasteiger partial charge in [0.1, 0.15) is 5.75 Å². The Balaban J connectivity index is 1.69. The van der Waals surface area contributed by atoms with Gasteiger partial charge >= 0.3 is 0 Å². The highest BCUT2D eigenvalue weighted by molar-refractivity contribution is 5.86. The number of rotatable bonds is 2. The first-order valence-corrected chi connectivity index (χ1v) is 8.08. The van der Waals surface area contributed by atoms with Gasteiger partial charge in [-0.15, -0.1) is 0 Å². The summed E-state index contributed by atoms with van der Waals surface area (Å²) in [5.74, 6) is 1.38. The lowest BCUT2D eigenvalue weighted by Crippen LogP contribution is -1.95. The number of hydrogen-bond acceptors (Lipinski definition) is 1. The molecule has 0 saturated heterocycles. The number of fused-ring (bicyclic) bond motifs is 4. The first-order chi connectivity index (χ1) is 11.3. The lowest BCUT2D eigenvalue weighted by atomic mass is 9.94. The molecule has 0 bridgehead atoms. The SMILES string of the molecule is COc1ccc2c(c1)cc1n2CCC1c1c[nH]c2ccccc12. The zero-order valence-electron chi connectivity index (χ0n) is 13.0. The van der Waals surface area contributed by atoms with Gasteiger partial charge in [-0.05, 0) is 42.3 Å². The molecule has 2 aromatic carbocycles. The Bertz CT molecular complexity index is 1020. The van der Waals surface area contributed by atoms with Crippen molar-refractivity contribution in [3.8, 4) is 5.75 Å². The van der Waals surface area contributed by atoms with Crippen molar-refractivity contribution in [3.63, 3.8) is 0 Å². The van der Waals surface area contributed by atoms with E-state index < -0.39 is 0 Å². The predicted octanol–water partition coefficient (Wildman–Crippen LogP) is 4.67. The van der Waals surface area contributed by atoms with Gasteiger partial charge in [-0.3, -0.25) is 0 Å². The van der Waals surface area contributed by atoms with E-state index in [1.165, 1.54) is 39.5 Å². The van der Waals surface area contributed by atoms with Crippen molar-refractivity contribution in [2.45, 2.75) is 18.9 Å². The molecule has 3 heterocycles. The van der Waals surface area contributed by atoms with E-state index in [4.69, 9.17) is 4.74 Å². The van der Waals surface area contributed by atoms with Gasteiger partial charge in [-0.2, -0.15) is 0 Å². The summed E-state index contributed by atoms with van der Waals surface area (Å²) in [7, 11) is 1.72. The maximum Gasteiger partial charge on any atom is 0.119 e. The number of methoxy groups -OCH3 is 1. The minimum absolute atomic E-state index is 0.463. The lowest BCUT2D eigenvalue weighted by molar-refractivity contribution is 0.415. The second kappa shape index (κ2) is 4.66. The predicted molar refractivity (Wildman–Crippen MR) is 93.2 cm³/mol. The van der Waals surface area contributed by atoms with Crippen LogP contribution in [0.2, 0.25) is 0 Å². The molecule has 0 spiro atoms. The van der Waals surface area contributed by atoms with Crippen LogP contribution in [0.15, 0.2) is 54.7 Å². The van der Waals surface area contributed by atoms with Crippen LogP contribution in [-0.4, -0.2) is 16.7 Å². The lowest BCUT2D eigenvalue weighted by Gasteiger charge is -2.08. The van der Waals surface area contributed by atoms with E-state index in [2.05, 4.69) is 64.3 Å². The third-order valence-electron chi connectivity index (χ3n) is 5.14. The highest BCUT2D eigenvalue weighted by Gasteiger charge is 2.27. The molecule has 3 nitrogen and oxygen atoms in total. The van der Waals surface area contributed by atoms with Gasteiger partial charge in [0.2, 0.25) is 0 Å². The maximum atomic E-state index is 5.37. The Hall–Kier alpha value is -2.68. The molecular formula is C20H18N2O. The number of benzene rings is 2. The number of H-pyrrole nitrogens is 1. The number of aryl methyl sites for hydroxylation is 1. The summed E-state index contributed by atoms with van der Waals surface area (Å²) in [6.07, 6.45) is 3.35. The van der Waals surface area contributed by atoms with E-state index in [9.17, 15) is 0 Å². The standard InChI is InChI=1S/C20H18N2O/c1-23-14-6-7-19-13(10-14)11-20-16(8-9-22(19)20)17-12-21-18-5-3-2-4-15(17)18/h2-7,10-12,16,21H,8-9H2,1H3. The zero-order valence-corrected chi connectivity index (χ0v) is 13.0. The summed E-state index contributed by atoms with van der Waals surface area (Å²) in [5.41, 5.74) is 5.36. The van der Waals surface area contributed by atoms with E-state index in [0.29, 0.717) is 5.92 Å². The Kier molecular flexibility index (Phi) is 2.60. The molecule has 1 atom stereocenters. The first kappa shape index (κ1) is 12.8. The van der Waals surface area contributed by atoms with E-state index in [1.54, 1.807) is 7.11 Å². The molecule has 1 aliphatic heterocycles. The summed E-state index contributed by atoms with van der Waals surface area (Å²) in [5, 5.41) is 2.61. The number of nitrogens with zero attached hydrogens (tertiary/aromatic N) is 1. The van der Waals surface area contributed by atoms with Gasteiger partial charge < -0.3 is 14.3 Å². The third kappa shape index (κ3) is 1.76. The fraction of sp³-hybridized carbons (Fsp3) is 0.200. The van der Waals surface area contributed by atoms with Crippen molar-refractivity contribution in [1.29, 1.82) is 0 Å². The van der Waals surface area contributed by atoms with Crippen LogP contribution >= 0.6 is 0 Å². The van der Waals surface area contributed by atoms with E-state index in [1.807, 2.05) is 0 Å². The topological polar surface area (TPSA) is 29.9 Å². The molecule has 3 heteroatoms. The molecular weight excluding hydrogens is 284 g/mol. The average Bonchev–Trinajstić information content (AvgIpc) is 3.26. The van der Waals surface area contributed by atoms with E-state index >= 15 is 0 Å². The third-order valence-corrected chi connectivity index (χ3v) is 5.14. The Morgan fingerprint density at radius 1 is 1.13 bits per heavy atom. The normalized spacial score (nSPS) is 17.0. The molecule has 23 heavy (non-hydrogen) atoms. The Labute approximate surface area is 134 Å². The molecule has 4 aromatic rings. The van der Waals surface area contributed by atoms with Gasteiger partial charge in [0.25, 0.3) is 0 Å². The van der Waals surface area contributed by atoms with Crippen molar-refractivity contribution in [3.05, 3.63) is 66.0 Å². The van der Waals surface area contributed by atoms with Crippen LogP contribution in [0.1, 0.15) is 23.6 Å². The summed E-state index contributed by atoms with van der Waals surface area (Å²) >= 11 is 0. The summed E-state index contributed by atoms with van der Waals surface area (Å²) in [6, 6.07) is 17.3. The second-order valence-electron chi connectivity index (χ2n) is 6.28. The molecule has 5 rings (SSSR count). The minimum Gasteiger partial charge on any atom is -0.497 e. The number of ether oxygens (including phenoxy) is 1. The van der Waals surface area contributed by atoms with Crippen LogP contribution in [0.3, 0.4) is 0 Å². The van der Waals surface area contributed by atoms with Crippen LogP contribution in [0, 0.1) is 0 Å². The van der Waals surface area contributed by atoms with Crippen molar-refractivity contribution in [2.75, 3.05) is 7.11 Å². The highest BCUT2D eigenvalue weighted by Crippen LogP contribution is 2.41. The molecule has 0 saturated carbocycles. The van der Waals surface area contributed by atoms with Crippen LogP contribution in [0.4, 0.5) is 0 Å². The van der Waals surface area contributed by atoms with Gasteiger partial charge in [0, 0.05) is 46.2 Å². The van der Waals surface area contributed by atoms with Gasteiger partial charge in [-0.25, -0.2) is 0 Å². The Morgan fingerprint density at radius 3 is 2.96 bits per heavy atom. The number of para-hydroxylation sites is 1. The molecule has 0 fully saturated rings. The number of nitrogens with one attached hydrogen (secondary N) is 1. The molecule has 0 aliphatic carbocycles. The van der Waals surface area contributed by atoms with Crippen LogP contribution in [0.5, 0.6) is 5.75 Å². The Morgan fingerprint density at radius 2 is 2.04 bits per heavy atom. The molecule has 114 valence electrons. The minimum atomic E-state index is 0.463. The summed E-state index contributed by atoms with van der Waals surface area (Å²) in [4.78, 5) is 3.42. The second-order valence-corrected chi connectivity index (χ2v) is 6.28. The van der Waals surface area contributed by atoms with E-state index in [-0.39, 0.29) is 0 Å². The number of aromatic amines is 1. The van der Waals surface area contributed by atoms with E-state index in [0.717, 1.165) is 12.3 Å². The zero-order chi connectivity index (χ0) is 15.4. The number of aromatic nitrogens is 2. The smallest absolute Gasteiger partial charge is 0.119 e. The summed E-state index contributed by atoms with van der Waals surface area (Å²) in [6.45, 7) is 1.08. The molecule has 0 amide bonds. The van der Waals surface area contributed by atoms with Crippen molar-refractivity contribution in [1.82, 2.24) is 9.55 Å². The largest absolute Gasteiger partial charge is 0.497 e. The first-order valence-electron chi connectivity index (χ1n) is 8.08. The summed E-state index contributed by atoms with van der Waals surface area (Å²) < 4.78 is 7.83. The molecule has 0 radical (unpaired) electrons. The van der Waals surface area contributed by atoms with Crippen molar-refractivity contribution >= 4 is 21.8 Å². The molecule has 1 aliphatic rings. The quantitative estimate of drug-likeness (QED) is 0.573. The van der Waals surface area contributed by atoms with Gasteiger partial charge in [-0.1, -0.05) is 18.2 Å². The van der Waals surface area contributed by atoms with Crippen LogP contribution in [-0.2, 0) is 6.54 Å². The van der Waals surface area contributed by atoms with Crippen LogP contribution in [0.25, 0.3) is 21.8 Å². The average molecular weight is 302 g/mol. The molecule has 2 aromatic heterocycles. The van der Waals surface area contributed by atoms with Gasteiger partial charge in [0.05, 0.1) is 7.11 Å².